The van der Waals surface area contributed by atoms with E-state index in [4.69, 9.17) is 4.74 Å². The molecule has 5 atom stereocenters. The van der Waals surface area contributed by atoms with Crippen molar-refractivity contribution in [2.75, 3.05) is 0 Å². The number of benzene rings is 1. The van der Waals surface area contributed by atoms with Crippen LogP contribution in [0.2, 0.25) is 0 Å². The Morgan fingerprint density at radius 1 is 1.12 bits per heavy atom. The van der Waals surface area contributed by atoms with Gasteiger partial charge in [-0.05, 0) is 90.9 Å². The molecule has 26 heavy (non-hydrogen) atoms. The highest BCUT2D eigenvalue weighted by molar-refractivity contribution is 5.69. The van der Waals surface area contributed by atoms with Gasteiger partial charge in [0.05, 0.1) is 12.2 Å². The van der Waals surface area contributed by atoms with E-state index in [1.54, 1.807) is 11.1 Å². The third-order valence-electron chi connectivity index (χ3n) is 7.51. The van der Waals surface area contributed by atoms with E-state index < -0.39 is 0 Å². The first kappa shape index (κ1) is 18.3. The first-order valence-corrected chi connectivity index (χ1v) is 10.8. The molecule has 1 nitrogen and oxygen atoms in total. The molecule has 1 heteroatoms. The van der Waals surface area contributed by atoms with Gasteiger partial charge in [-0.2, -0.15) is 0 Å². The van der Waals surface area contributed by atoms with Crippen molar-refractivity contribution in [2.45, 2.75) is 91.3 Å². The molecule has 0 saturated carbocycles. The second-order valence-electron chi connectivity index (χ2n) is 10.1. The van der Waals surface area contributed by atoms with Crippen molar-refractivity contribution < 1.29 is 4.74 Å². The molecule has 2 saturated heterocycles. The molecule has 0 amide bonds. The second kappa shape index (κ2) is 6.82. The summed E-state index contributed by atoms with van der Waals surface area (Å²) in [4.78, 5) is 0. The van der Waals surface area contributed by atoms with E-state index in [1.165, 1.54) is 49.7 Å². The smallest absolute Gasteiger partial charge is 0.0611 e. The molecule has 2 aliphatic heterocycles. The summed E-state index contributed by atoms with van der Waals surface area (Å²) in [5.41, 5.74) is 6.54. The fourth-order valence-corrected chi connectivity index (χ4v) is 5.75. The van der Waals surface area contributed by atoms with Crippen LogP contribution in [0.3, 0.4) is 0 Å². The molecule has 0 spiro atoms. The van der Waals surface area contributed by atoms with Crippen LogP contribution in [0, 0.1) is 24.2 Å². The Balaban J connectivity index is 1.66. The zero-order valence-electron chi connectivity index (χ0n) is 17.3. The van der Waals surface area contributed by atoms with Crippen LogP contribution in [-0.2, 0) is 4.74 Å². The van der Waals surface area contributed by atoms with Gasteiger partial charge in [0, 0.05) is 0 Å². The largest absolute Gasteiger partial charge is 0.375 e. The Bertz CT molecular complexity index is 698. The van der Waals surface area contributed by atoms with Crippen LogP contribution in [0.5, 0.6) is 0 Å². The van der Waals surface area contributed by atoms with Crippen LogP contribution in [0.15, 0.2) is 24.3 Å². The van der Waals surface area contributed by atoms with Gasteiger partial charge in [-0.3, -0.25) is 0 Å². The van der Waals surface area contributed by atoms with E-state index in [1.807, 2.05) is 0 Å². The fourth-order valence-electron chi connectivity index (χ4n) is 5.75. The molecular weight excluding hydrogens is 316 g/mol. The number of allylic oxidation sites excluding steroid dienone is 2. The third kappa shape index (κ3) is 3.40. The predicted molar refractivity (Wildman–Crippen MR) is 110 cm³/mol. The SMILES string of the molecule is Cc1ccc(C2[C@H](C)CC3CC[C@@H](O3)[C@@H]2C)cc1C1=CCC(C)(C)CC1. The van der Waals surface area contributed by atoms with Crippen LogP contribution >= 0.6 is 0 Å². The van der Waals surface area contributed by atoms with Crippen LogP contribution in [-0.4, -0.2) is 12.2 Å². The standard InChI is InChI=1S/C25H36O/c1-16-6-7-20(15-22(16)19-10-12-25(4,5)13-11-19)24-17(2)14-21-8-9-23(26-21)18(24)3/h6-7,10,15,17-18,21,23-24H,8-9,11-14H2,1-5H3/t17-,18+,21?,23-,24?/m1/s1. The summed E-state index contributed by atoms with van der Waals surface area (Å²) in [5.74, 6) is 1.95. The van der Waals surface area contributed by atoms with Gasteiger partial charge in [-0.15, -0.1) is 0 Å². The van der Waals surface area contributed by atoms with Gasteiger partial charge in [-0.25, -0.2) is 0 Å². The maximum absolute atomic E-state index is 6.34. The Morgan fingerprint density at radius 2 is 1.92 bits per heavy atom. The average Bonchev–Trinajstić information content (AvgIpc) is 3.00. The molecular formula is C25H36O. The highest BCUT2D eigenvalue weighted by Gasteiger charge is 2.41. The van der Waals surface area contributed by atoms with E-state index in [2.05, 4.69) is 58.9 Å². The van der Waals surface area contributed by atoms with Crippen molar-refractivity contribution in [1.82, 2.24) is 0 Å². The number of aryl methyl sites for hydroxylation is 1. The van der Waals surface area contributed by atoms with Crippen molar-refractivity contribution in [2.24, 2.45) is 17.3 Å². The van der Waals surface area contributed by atoms with Gasteiger partial charge in [-0.1, -0.05) is 52.0 Å². The molecule has 2 heterocycles. The normalized spacial score (nSPS) is 36.5. The Morgan fingerprint density at radius 3 is 2.65 bits per heavy atom. The maximum Gasteiger partial charge on any atom is 0.0611 e. The van der Waals surface area contributed by atoms with Crippen LogP contribution in [0.1, 0.15) is 88.8 Å². The van der Waals surface area contributed by atoms with Gasteiger partial charge in [0.15, 0.2) is 0 Å². The summed E-state index contributed by atoms with van der Waals surface area (Å²) >= 11 is 0. The first-order chi connectivity index (χ1) is 12.3. The molecule has 4 rings (SSSR count). The van der Waals surface area contributed by atoms with Crippen molar-refractivity contribution >= 4 is 5.57 Å². The van der Waals surface area contributed by atoms with E-state index in [9.17, 15) is 0 Å². The summed E-state index contributed by atoms with van der Waals surface area (Å²) in [6, 6.07) is 7.31. The lowest BCUT2D eigenvalue weighted by Gasteiger charge is -2.33. The Kier molecular flexibility index (Phi) is 4.80. The van der Waals surface area contributed by atoms with Crippen LogP contribution in [0.25, 0.3) is 5.57 Å². The predicted octanol–water partition coefficient (Wildman–Crippen LogP) is 6.90. The zero-order chi connectivity index (χ0) is 18.5. The zero-order valence-corrected chi connectivity index (χ0v) is 17.3. The molecule has 2 fully saturated rings. The van der Waals surface area contributed by atoms with Crippen molar-refractivity contribution in [3.05, 3.63) is 41.0 Å². The van der Waals surface area contributed by atoms with E-state index in [0.29, 0.717) is 35.4 Å². The summed E-state index contributed by atoms with van der Waals surface area (Å²) in [6.07, 6.45) is 11.0. The number of hydrogen-bond donors (Lipinski definition) is 0. The number of rotatable bonds is 2. The van der Waals surface area contributed by atoms with Crippen LogP contribution in [0.4, 0.5) is 0 Å². The molecule has 1 aromatic carbocycles. The highest BCUT2D eigenvalue weighted by Crippen LogP contribution is 2.47. The van der Waals surface area contributed by atoms with Crippen molar-refractivity contribution in [3.8, 4) is 0 Å². The molecule has 0 N–H and O–H groups in total. The lowest BCUT2D eigenvalue weighted by Crippen LogP contribution is -2.26. The quantitative estimate of drug-likeness (QED) is 0.563. The van der Waals surface area contributed by atoms with Gasteiger partial charge in [0.2, 0.25) is 0 Å². The molecule has 3 aliphatic rings. The van der Waals surface area contributed by atoms with Crippen molar-refractivity contribution in [3.63, 3.8) is 0 Å². The van der Waals surface area contributed by atoms with Crippen LogP contribution < -0.4 is 0 Å². The molecule has 2 unspecified atom stereocenters. The minimum absolute atomic E-state index is 0.467. The first-order valence-electron chi connectivity index (χ1n) is 10.8. The Hall–Kier alpha value is -1.08. The van der Waals surface area contributed by atoms with Gasteiger partial charge in [0.1, 0.15) is 0 Å². The molecule has 1 aromatic rings. The molecule has 0 aromatic heterocycles. The second-order valence-corrected chi connectivity index (χ2v) is 10.1. The Labute approximate surface area is 160 Å². The summed E-state index contributed by atoms with van der Waals surface area (Å²) in [5, 5.41) is 0. The van der Waals surface area contributed by atoms with E-state index >= 15 is 0 Å². The maximum atomic E-state index is 6.34. The number of hydrogen-bond acceptors (Lipinski definition) is 1. The van der Waals surface area contributed by atoms with E-state index in [0.717, 1.165) is 0 Å². The monoisotopic (exact) mass is 352 g/mol. The fraction of sp³-hybridized carbons (Fsp3) is 0.680. The topological polar surface area (TPSA) is 9.23 Å². The van der Waals surface area contributed by atoms with Gasteiger partial charge >= 0.3 is 0 Å². The average molecular weight is 353 g/mol. The third-order valence-corrected chi connectivity index (χ3v) is 7.51. The molecule has 1 aliphatic carbocycles. The van der Waals surface area contributed by atoms with Crippen molar-refractivity contribution in [1.29, 1.82) is 0 Å². The minimum Gasteiger partial charge on any atom is -0.375 e. The number of fused-ring (bicyclic) bond motifs is 2. The lowest BCUT2D eigenvalue weighted by atomic mass is 9.71. The minimum atomic E-state index is 0.467. The van der Waals surface area contributed by atoms with Gasteiger partial charge < -0.3 is 4.74 Å². The summed E-state index contributed by atoms with van der Waals surface area (Å²) in [7, 11) is 0. The molecule has 2 bridgehead atoms. The summed E-state index contributed by atoms with van der Waals surface area (Å²) in [6.45, 7) is 12.0. The molecule has 142 valence electrons. The number of ether oxygens (including phenoxy) is 1. The van der Waals surface area contributed by atoms with Gasteiger partial charge in [0.25, 0.3) is 0 Å². The highest BCUT2D eigenvalue weighted by atomic mass is 16.5. The molecule has 0 radical (unpaired) electrons. The lowest BCUT2D eigenvalue weighted by molar-refractivity contribution is 0.0250. The summed E-state index contributed by atoms with van der Waals surface area (Å²) < 4.78 is 6.34. The van der Waals surface area contributed by atoms with E-state index in [-0.39, 0.29) is 0 Å².